The van der Waals surface area contributed by atoms with Crippen LogP contribution in [0.15, 0.2) is 29.2 Å². The number of nitrogens with zero attached hydrogens (tertiary/aromatic N) is 1. The second kappa shape index (κ2) is 6.24. The average Bonchev–Trinajstić information content (AvgIpc) is 3.41. The van der Waals surface area contributed by atoms with Crippen molar-refractivity contribution in [2.24, 2.45) is 13.0 Å². The molecule has 1 N–H and O–H groups in total. The largest absolute Gasteiger partial charge is 0.384 e. The maximum atomic E-state index is 12.5. The summed E-state index contributed by atoms with van der Waals surface area (Å²) in [5.41, 5.74) is 6.05. The number of aryl methyl sites for hydroxylation is 1. The monoisotopic (exact) mass is 335 g/mol. The van der Waals surface area contributed by atoms with Crippen LogP contribution in [0.4, 0.5) is 5.69 Å². The SMILES string of the molecule is Cn1cc(-c2cc([Si])ccc2NCC2CC2)c2c(c1=O)CCCC2. The van der Waals surface area contributed by atoms with Crippen molar-refractivity contribution in [3.8, 4) is 11.1 Å². The van der Waals surface area contributed by atoms with Crippen LogP contribution in [-0.2, 0) is 19.9 Å². The van der Waals surface area contributed by atoms with Gasteiger partial charge < -0.3 is 9.88 Å². The van der Waals surface area contributed by atoms with Crippen LogP contribution < -0.4 is 16.1 Å². The molecule has 4 rings (SSSR count). The van der Waals surface area contributed by atoms with Gasteiger partial charge >= 0.3 is 0 Å². The maximum Gasteiger partial charge on any atom is 0.253 e. The second-order valence-corrected chi connectivity index (χ2v) is 7.79. The molecule has 1 fully saturated rings. The van der Waals surface area contributed by atoms with Crippen LogP contribution >= 0.6 is 0 Å². The number of pyridine rings is 1. The van der Waals surface area contributed by atoms with E-state index in [2.05, 4.69) is 33.8 Å². The number of fused-ring (bicyclic) bond motifs is 1. The van der Waals surface area contributed by atoms with E-state index >= 15 is 0 Å². The molecule has 1 aromatic carbocycles. The quantitative estimate of drug-likeness (QED) is 0.871. The molecule has 3 radical (unpaired) electrons. The fourth-order valence-electron chi connectivity index (χ4n) is 3.71. The Morgan fingerprint density at radius 2 is 1.92 bits per heavy atom. The minimum Gasteiger partial charge on any atom is -0.384 e. The summed E-state index contributed by atoms with van der Waals surface area (Å²) in [4.78, 5) is 12.5. The summed E-state index contributed by atoms with van der Waals surface area (Å²) in [7, 11) is 5.54. The Labute approximate surface area is 146 Å². The van der Waals surface area contributed by atoms with Crippen LogP contribution in [0.5, 0.6) is 0 Å². The first-order valence-electron chi connectivity index (χ1n) is 8.95. The van der Waals surface area contributed by atoms with Crippen molar-refractivity contribution < 1.29 is 0 Å². The van der Waals surface area contributed by atoms with Crippen LogP contribution in [0.3, 0.4) is 0 Å². The third-order valence-corrected chi connectivity index (χ3v) is 5.59. The number of anilines is 1. The first-order chi connectivity index (χ1) is 11.6. The van der Waals surface area contributed by atoms with Crippen LogP contribution in [-0.4, -0.2) is 21.4 Å². The first-order valence-corrected chi connectivity index (χ1v) is 9.45. The minimum atomic E-state index is 0.176. The Balaban J connectivity index is 1.84. The van der Waals surface area contributed by atoms with Gasteiger partial charge in [0.05, 0.1) is 10.2 Å². The Bertz CT molecular complexity index is 836. The van der Waals surface area contributed by atoms with Crippen molar-refractivity contribution >= 4 is 21.1 Å². The van der Waals surface area contributed by atoms with Crippen molar-refractivity contribution in [1.29, 1.82) is 0 Å². The third kappa shape index (κ3) is 2.95. The van der Waals surface area contributed by atoms with Gasteiger partial charge in [-0.05, 0) is 56.1 Å². The van der Waals surface area contributed by atoms with E-state index < -0.39 is 0 Å². The molecule has 1 heterocycles. The van der Waals surface area contributed by atoms with Gasteiger partial charge in [0.25, 0.3) is 5.56 Å². The Kier molecular flexibility index (Phi) is 4.08. The molecule has 1 saturated carbocycles. The van der Waals surface area contributed by atoms with Gasteiger partial charge in [-0.1, -0.05) is 17.3 Å². The number of nitrogens with one attached hydrogen (secondary N) is 1. The van der Waals surface area contributed by atoms with Gasteiger partial charge in [-0.15, -0.1) is 0 Å². The molecule has 1 aromatic heterocycles. The predicted octanol–water partition coefficient (Wildman–Crippen LogP) is 2.55. The molecule has 2 aliphatic rings. The van der Waals surface area contributed by atoms with E-state index in [1.807, 2.05) is 13.2 Å². The summed E-state index contributed by atoms with van der Waals surface area (Å²) in [6.45, 7) is 1.04. The van der Waals surface area contributed by atoms with E-state index in [1.54, 1.807) is 4.57 Å². The van der Waals surface area contributed by atoms with E-state index in [4.69, 9.17) is 0 Å². The number of hydrogen-bond donors (Lipinski definition) is 1. The summed E-state index contributed by atoms with van der Waals surface area (Å²) in [5.74, 6) is 0.829. The molecule has 0 atom stereocenters. The van der Waals surface area contributed by atoms with Crippen molar-refractivity contribution in [2.75, 3.05) is 11.9 Å². The zero-order chi connectivity index (χ0) is 16.7. The molecule has 0 saturated heterocycles. The standard InChI is InChI=1S/C20H23N2OSi/c1-22-12-18(15-4-2-3-5-16(15)20(22)23)17-10-14(24)8-9-19(17)21-11-13-6-7-13/h8-10,12-13,21H,2-7,11H2,1H3. The topological polar surface area (TPSA) is 34.0 Å². The summed E-state index contributed by atoms with van der Waals surface area (Å²) in [6, 6.07) is 6.42. The Morgan fingerprint density at radius 1 is 1.17 bits per heavy atom. The van der Waals surface area contributed by atoms with E-state index in [1.165, 1.54) is 41.6 Å². The van der Waals surface area contributed by atoms with Crippen LogP contribution in [0.1, 0.15) is 36.8 Å². The summed E-state index contributed by atoms with van der Waals surface area (Å²) >= 11 is 0. The highest BCUT2D eigenvalue weighted by molar-refractivity contribution is 6.32. The van der Waals surface area contributed by atoms with Gasteiger partial charge in [0, 0.05) is 42.2 Å². The van der Waals surface area contributed by atoms with E-state index in [9.17, 15) is 4.79 Å². The minimum absolute atomic E-state index is 0.176. The number of aromatic nitrogens is 1. The van der Waals surface area contributed by atoms with Gasteiger partial charge in [0.2, 0.25) is 0 Å². The molecule has 2 aromatic rings. The molecule has 3 nitrogen and oxygen atoms in total. The summed E-state index contributed by atoms with van der Waals surface area (Å²) < 4.78 is 1.75. The highest BCUT2D eigenvalue weighted by atomic mass is 28.1. The molecule has 4 heteroatoms. The third-order valence-electron chi connectivity index (χ3n) is 5.28. The molecular weight excluding hydrogens is 312 g/mol. The van der Waals surface area contributed by atoms with E-state index in [0.717, 1.165) is 42.5 Å². The van der Waals surface area contributed by atoms with E-state index in [0.29, 0.717) is 0 Å². The highest BCUT2D eigenvalue weighted by Gasteiger charge is 2.23. The zero-order valence-corrected chi connectivity index (χ0v) is 15.2. The lowest BCUT2D eigenvalue weighted by Crippen LogP contribution is -2.26. The fraction of sp³-hybridized carbons (Fsp3) is 0.450. The normalized spacial score (nSPS) is 16.8. The van der Waals surface area contributed by atoms with Crippen molar-refractivity contribution in [3.63, 3.8) is 0 Å². The smallest absolute Gasteiger partial charge is 0.253 e. The molecule has 0 bridgehead atoms. The predicted molar refractivity (Wildman–Crippen MR) is 100 cm³/mol. The zero-order valence-electron chi connectivity index (χ0n) is 14.2. The molecule has 0 aliphatic heterocycles. The number of benzene rings is 1. The Morgan fingerprint density at radius 3 is 2.67 bits per heavy atom. The van der Waals surface area contributed by atoms with Crippen LogP contribution in [0.2, 0.25) is 0 Å². The molecular formula is C20H23N2OSi. The molecule has 123 valence electrons. The van der Waals surface area contributed by atoms with Gasteiger partial charge in [0.15, 0.2) is 0 Å². The molecule has 0 amide bonds. The van der Waals surface area contributed by atoms with Gasteiger partial charge in [-0.3, -0.25) is 4.79 Å². The molecule has 0 spiro atoms. The number of hydrogen-bond acceptors (Lipinski definition) is 2. The van der Waals surface area contributed by atoms with Gasteiger partial charge in [0.1, 0.15) is 0 Å². The van der Waals surface area contributed by atoms with Crippen molar-refractivity contribution in [2.45, 2.75) is 38.5 Å². The van der Waals surface area contributed by atoms with Crippen molar-refractivity contribution in [3.05, 3.63) is 45.9 Å². The number of rotatable bonds is 4. The lowest BCUT2D eigenvalue weighted by molar-refractivity contribution is 0.664. The highest BCUT2D eigenvalue weighted by Crippen LogP contribution is 2.35. The van der Waals surface area contributed by atoms with Crippen LogP contribution in [0, 0.1) is 5.92 Å². The second-order valence-electron chi connectivity index (χ2n) is 7.21. The summed E-state index contributed by atoms with van der Waals surface area (Å²) in [5, 5.41) is 4.70. The fourth-order valence-corrected chi connectivity index (χ4v) is 3.94. The van der Waals surface area contributed by atoms with Crippen LogP contribution in [0.25, 0.3) is 11.1 Å². The lowest BCUT2D eigenvalue weighted by atomic mass is 9.87. The van der Waals surface area contributed by atoms with E-state index in [-0.39, 0.29) is 5.56 Å². The lowest BCUT2D eigenvalue weighted by Gasteiger charge is -2.22. The molecule has 2 aliphatic carbocycles. The van der Waals surface area contributed by atoms with Gasteiger partial charge in [-0.25, -0.2) is 0 Å². The average molecular weight is 336 g/mol. The first kappa shape index (κ1) is 15.7. The summed E-state index contributed by atoms with van der Waals surface area (Å²) in [6.07, 6.45) is 8.92. The molecule has 24 heavy (non-hydrogen) atoms. The Hall–Kier alpha value is -1.81. The molecule has 0 unspecified atom stereocenters. The van der Waals surface area contributed by atoms with Crippen molar-refractivity contribution in [1.82, 2.24) is 4.57 Å². The maximum absolute atomic E-state index is 12.5. The van der Waals surface area contributed by atoms with Gasteiger partial charge in [-0.2, -0.15) is 0 Å².